The van der Waals surface area contributed by atoms with Crippen LogP contribution >= 0.6 is 22.9 Å². The van der Waals surface area contributed by atoms with E-state index in [0.29, 0.717) is 16.7 Å². The molecule has 0 amide bonds. The molecule has 6 nitrogen and oxygen atoms in total. The summed E-state index contributed by atoms with van der Waals surface area (Å²) in [4.78, 5) is 26.6. The van der Waals surface area contributed by atoms with Crippen LogP contribution in [0.1, 0.15) is 44.3 Å². The first-order valence-corrected chi connectivity index (χ1v) is 11.8. The molecule has 0 saturated heterocycles. The number of thiophene rings is 1. The largest absolute Gasteiger partial charge is 0.477 e. The van der Waals surface area contributed by atoms with Gasteiger partial charge >= 0.3 is 5.97 Å². The summed E-state index contributed by atoms with van der Waals surface area (Å²) in [6, 6.07) is 16.7. The van der Waals surface area contributed by atoms with Crippen molar-refractivity contribution in [2.45, 2.75) is 19.3 Å². The smallest absolute Gasteiger partial charge is 0.345 e. The number of nitrogens with one attached hydrogen (secondary N) is 1. The van der Waals surface area contributed by atoms with E-state index in [0.717, 1.165) is 16.0 Å². The number of benzene rings is 2. The second-order valence-corrected chi connectivity index (χ2v) is 9.48. The number of H-pyrrole nitrogens is 1. The summed E-state index contributed by atoms with van der Waals surface area (Å²) >= 11 is 7.13. The monoisotopic (exact) mass is 510 g/mol. The lowest BCUT2D eigenvalue weighted by Crippen LogP contribution is -2.15. The van der Waals surface area contributed by atoms with Crippen molar-refractivity contribution >= 4 is 34.6 Å². The van der Waals surface area contributed by atoms with E-state index < -0.39 is 17.7 Å². The highest BCUT2D eigenvalue weighted by Crippen LogP contribution is 2.35. The van der Waals surface area contributed by atoms with Gasteiger partial charge < -0.3 is 15.3 Å². The number of pyridine rings is 1. The maximum Gasteiger partial charge on any atom is 0.345 e. The first-order chi connectivity index (χ1) is 16.8. The molecular formula is C26H20ClFN2O4S. The number of carbonyl (C=O) groups is 1. The topological polar surface area (TPSA) is 103 Å². The van der Waals surface area contributed by atoms with Crippen LogP contribution in [-0.2, 0) is 0 Å². The predicted octanol–water partition coefficient (Wildman–Crippen LogP) is 6.30. The number of carboxylic acids is 1. The number of hydrogen-bond acceptors (Lipinski definition) is 5. The van der Waals surface area contributed by atoms with Gasteiger partial charge in [-0.2, -0.15) is 0 Å². The number of aryl methyl sites for hydroxylation is 1. The lowest BCUT2D eigenvalue weighted by Gasteiger charge is -2.20. The number of nitrogens with zero attached hydrogens (tertiary/aromatic N) is 1. The van der Waals surface area contributed by atoms with Gasteiger partial charge in [0.25, 0.3) is 5.56 Å². The van der Waals surface area contributed by atoms with Gasteiger partial charge in [0, 0.05) is 39.6 Å². The SMILES string of the molecule is Cc1cc(/C(CC(c2ccc(-c3ccc(C(=O)O)s3)cc2)c2ccc(Cl)cc2F)=N/O)c[nH]c1=O. The molecule has 0 saturated carbocycles. The third-order valence-electron chi connectivity index (χ3n) is 5.69. The normalized spacial score (nSPS) is 12.5. The van der Waals surface area contributed by atoms with E-state index in [2.05, 4.69) is 10.1 Å². The molecule has 0 aliphatic carbocycles. The molecule has 1 unspecified atom stereocenters. The highest BCUT2D eigenvalue weighted by atomic mass is 35.5. The molecule has 9 heteroatoms. The summed E-state index contributed by atoms with van der Waals surface area (Å²) in [5.74, 6) is -2.01. The van der Waals surface area contributed by atoms with Crippen LogP contribution in [0.5, 0.6) is 0 Å². The fourth-order valence-corrected chi connectivity index (χ4v) is 4.86. The van der Waals surface area contributed by atoms with Gasteiger partial charge in [-0.05, 0) is 53.9 Å². The first kappa shape index (κ1) is 24.4. The number of halogens is 2. The quantitative estimate of drug-likeness (QED) is 0.154. The van der Waals surface area contributed by atoms with Crippen molar-refractivity contribution in [3.8, 4) is 10.4 Å². The molecule has 0 aliphatic rings. The molecule has 0 bridgehead atoms. The van der Waals surface area contributed by atoms with Crippen molar-refractivity contribution in [3.05, 3.63) is 115 Å². The van der Waals surface area contributed by atoms with Crippen LogP contribution in [0.2, 0.25) is 5.02 Å². The Labute approximate surface area is 209 Å². The van der Waals surface area contributed by atoms with Crippen molar-refractivity contribution in [2.24, 2.45) is 5.16 Å². The lowest BCUT2D eigenvalue weighted by molar-refractivity contribution is 0.0702. The molecule has 35 heavy (non-hydrogen) atoms. The van der Waals surface area contributed by atoms with Gasteiger partial charge in [-0.15, -0.1) is 11.3 Å². The average molecular weight is 511 g/mol. The number of aromatic amines is 1. The van der Waals surface area contributed by atoms with Crippen LogP contribution in [-0.4, -0.2) is 27.0 Å². The molecular weight excluding hydrogens is 491 g/mol. The number of rotatable bonds is 7. The molecule has 0 spiro atoms. The van der Waals surface area contributed by atoms with E-state index in [1.807, 2.05) is 24.3 Å². The molecule has 2 heterocycles. The zero-order valence-electron chi connectivity index (χ0n) is 18.5. The van der Waals surface area contributed by atoms with Gasteiger partial charge in [0.15, 0.2) is 0 Å². The maximum absolute atomic E-state index is 15.0. The summed E-state index contributed by atoms with van der Waals surface area (Å²) in [6.07, 6.45) is 1.60. The second-order valence-electron chi connectivity index (χ2n) is 7.96. The molecule has 3 N–H and O–H groups in total. The van der Waals surface area contributed by atoms with Gasteiger partial charge in [-0.25, -0.2) is 9.18 Å². The van der Waals surface area contributed by atoms with Crippen LogP contribution in [0.25, 0.3) is 10.4 Å². The molecule has 4 aromatic rings. The van der Waals surface area contributed by atoms with Crippen LogP contribution < -0.4 is 5.56 Å². The Balaban J connectivity index is 1.73. The Morgan fingerprint density at radius 3 is 2.49 bits per heavy atom. The Morgan fingerprint density at radius 2 is 1.89 bits per heavy atom. The summed E-state index contributed by atoms with van der Waals surface area (Å²) in [5, 5.41) is 22.7. The summed E-state index contributed by atoms with van der Waals surface area (Å²) < 4.78 is 15.0. The number of oxime groups is 1. The van der Waals surface area contributed by atoms with Crippen molar-refractivity contribution in [2.75, 3.05) is 0 Å². The predicted molar refractivity (Wildman–Crippen MR) is 135 cm³/mol. The van der Waals surface area contributed by atoms with E-state index in [1.54, 1.807) is 37.3 Å². The number of aromatic carboxylic acids is 1. The van der Waals surface area contributed by atoms with Crippen LogP contribution in [0.15, 0.2) is 76.8 Å². The van der Waals surface area contributed by atoms with Crippen molar-refractivity contribution < 1.29 is 19.5 Å². The van der Waals surface area contributed by atoms with Crippen LogP contribution in [0.4, 0.5) is 4.39 Å². The van der Waals surface area contributed by atoms with Gasteiger partial charge in [0.1, 0.15) is 10.7 Å². The summed E-state index contributed by atoms with van der Waals surface area (Å²) in [5.41, 5.74) is 2.95. The zero-order chi connectivity index (χ0) is 25.1. The lowest BCUT2D eigenvalue weighted by atomic mass is 9.85. The standard InChI is InChI=1S/C26H20ClFN2O4S/c1-14-10-17(13-29-25(14)31)22(30-34)12-20(19-7-6-18(27)11-21(19)28)15-2-4-16(5-3-15)23-8-9-24(35-23)26(32)33/h2-11,13,20,34H,12H2,1H3,(H,29,31)(H,32,33)/b30-22+. The minimum absolute atomic E-state index is 0.141. The van der Waals surface area contributed by atoms with Crippen molar-refractivity contribution in [1.82, 2.24) is 4.98 Å². The van der Waals surface area contributed by atoms with E-state index in [-0.39, 0.29) is 27.6 Å². The highest BCUT2D eigenvalue weighted by molar-refractivity contribution is 7.17. The minimum Gasteiger partial charge on any atom is -0.477 e. The van der Waals surface area contributed by atoms with Gasteiger partial charge in [0.2, 0.25) is 0 Å². The van der Waals surface area contributed by atoms with E-state index >= 15 is 0 Å². The molecule has 2 aromatic carbocycles. The second kappa shape index (κ2) is 10.2. The third-order valence-corrected chi connectivity index (χ3v) is 7.05. The van der Waals surface area contributed by atoms with Gasteiger partial charge in [0.05, 0.1) is 5.71 Å². The van der Waals surface area contributed by atoms with E-state index in [1.165, 1.54) is 23.6 Å². The Kier molecular flexibility index (Phi) is 7.14. The zero-order valence-corrected chi connectivity index (χ0v) is 20.0. The van der Waals surface area contributed by atoms with E-state index in [4.69, 9.17) is 11.6 Å². The Bertz CT molecular complexity index is 1480. The molecule has 0 fully saturated rings. The first-order valence-electron chi connectivity index (χ1n) is 10.6. The van der Waals surface area contributed by atoms with Crippen LogP contribution in [0, 0.1) is 12.7 Å². The number of aromatic nitrogens is 1. The Hall–Kier alpha value is -3.75. The molecule has 1 atom stereocenters. The fourth-order valence-electron chi connectivity index (χ4n) is 3.85. The van der Waals surface area contributed by atoms with Gasteiger partial charge in [-0.1, -0.05) is 47.1 Å². The van der Waals surface area contributed by atoms with Crippen LogP contribution in [0.3, 0.4) is 0 Å². The summed E-state index contributed by atoms with van der Waals surface area (Å²) in [6.45, 7) is 1.65. The molecule has 2 aromatic heterocycles. The van der Waals surface area contributed by atoms with E-state index in [9.17, 15) is 24.3 Å². The molecule has 4 rings (SSSR count). The highest BCUT2D eigenvalue weighted by Gasteiger charge is 2.23. The third kappa shape index (κ3) is 5.34. The summed E-state index contributed by atoms with van der Waals surface area (Å²) in [7, 11) is 0. The molecule has 0 aliphatic heterocycles. The van der Waals surface area contributed by atoms with Crippen molar-refractivity contribution in [3.63, 3.8) is 0 Å². The Morgan fingerprint density at radius 1 is 1.14 bits per heavy atom. The average Bonchev–Trinajstić information content (AvgIpc) is 3.34. The number of hydrogen-bond donors (Lipinski definition) is 3. The number of carboxylic acid groups (broad SMARTS) is 1. The minimum atomic E-state index is -0.982. The molecule has 178 valence electrons. The molecule has 0 radical (unpaired) electrons. The van der Waals surface area contributed by atoms with Gasteiger partial charge in [-0.3, -0.25) is 4.79 Å². The maximum atomic E-state index is 15.0. The van der Waals surface area contributed by atoms with Crippen molar-refractivity contribution in [1.29, 1.82) is 0 Å². The fraction of sp³-hybridized carbons (Fsp3) is 0.115.